The molecule has 1 rings (SSSR count). The van der Waals surface area contributed by atoms with Crippen LogP contribution in [0.5, 0.6) is 0 Å². The van der Waals surface area contributed by atoms with Crippen molar-refractivity contribution < 1.29 is 4.84 Å². The van der Waals surface area contributed by atoms with E-state index in [0.29, 0.717) is 0 Å². The van der Waals surface area contributed by atoms with Crippen LogP contribution in [0.25, 0.3) is 0 Å². The molecule has 0 fully saturated rings. The normalized spacial score (nSPS) is 11.7. The highest BCUT2D eigenvalue weighted by Crippen LogP contribution is 1.99. The fourth-order valence-electron chi connectivity index (χ4n) is 0.725. The Morgan fingerprint density at radius 1 is 1.50 bits per heavy atom. The number of aromatic nitrogens is 2. The van der Waals surface area contributed by atoms with Crippen LogP contribution in [0.1, 0.15) is 5.69 Å². The monoisotopic (exact) mass is 184 g/mol. The van der Waals surface area contributed by atoms with E-state index in [2.05, 4.69) is 24.7 Å². The Morgan fingerprint density at radius 3 is 2.58 bits per heavy atom. The molecule has 0 spiro atoms. The van der Waals surface area contributed by atoms with Crippen LogP contribution in [-0.4, -0.2) is 24.2 Å². The van der Waals surface area contributed by atoms with Gasteiger partial charge in [-0.15, -0.1) is 9.94 Å². The molecule has 0 saturated carbocycles. The van der Waals surface area contributed by atoms with Crippen molar-refractivity contribution in [2.45, 2.75) is 26.6 Å². The summed E-state index contributed by atoms with van der Waals surface area (Å²) in [6.07, 6.45) is 2.66. The summed E-state index contributed by atoms with van der Waals surface area (Å²) in [4.78, 5) is 7.01. The zero-order chi connectivity index (χ0) is 9.19. The van der Waals surface area contributed by atoms with Gasteiger partial charge in [0.1, 0.15) is 6.23 Å². The fraction of sp³-hybridized carbons (Fsp3) is 0.625. The zero-order valence-electron chi connectivity index (χ0n) is 8.16. The van der Waals surface area contributed by atoms with E-state index in [1.54, 1.807) is 4.85 Å². The molecule has 1 aromatic heterocycles. The number of aryl methyl sites for hydroxylation is 1. The molecule has 0 atom stereocenters. The summed E-state index contributed by atoms with van der Waals surface area (Å²) < 4.78 is 0. The van der Waals surface area contributed by atoms with Crippen molar-refractivity contribution in [2.75, 3.05) is 6.23 Å². The summed E-state index contributed by atoms with van der Waals surface area (Å²) in [6, 6.07) is 1.93. The van der Waals surface area contributed by atoms with Crippen LogP contribution in [0.15, 0.2) is 12.3 Å². The molecule has 0 unspecified atom stereocenters. The summed E-state index contributed by atoms with van der Waals surface area (Å²) in [5, 5.41) is 4.13. The average molecular weight is 184 g/mol. The SMILES string of the molecule is Cc1ccn(OC[Si](C)(C)C)n1. The van der Waals surface area contributed by atoms with Crippen LogP contribution in [0, 0.1) is 6.92 Å². The van der Waals surface area contributed by atoms with E-state index in [0.717, 1.165) is 11.9 Å². The van der Waals surface area contributed by atoms with Crippen LogP contribution in [0.3, 0.4) is 0 Å². The molecule has 0 aromatic carbocycles. The highest BCUT2D eigenvalue weighted by Gasteiger charge is 2.14. The van der Waals surface area contributed by atoms with Gasteiger partial charge in [-0.3, -0.25) is 0 Å². The molecule has 0 radical (unpaired) electrons. The maximum Gasteiger partial charge on any atom is 0.104 e. The van der Waals surface area contributed by atoms with Gasteiger partial charge in [0.15, 0.2) is 0 Å². The first kappa shape index (κ1) is 9.32. The van der Waals surface area contributed by atoms with Crippen LogP contribution >= 0.6 is 0 Å². The first-order valence-electron chi connectivity index (χ1n) is 4.13. The minimum atomic E-state index is -1.11. The summed E-state index contributed by atoms with van der Waals surface area (Å²) in [7, 11) is -1.11. The number of hydrogen-bond donors (Lipinski definition) is 0. The Labute approximate surface area is 74.3 Å². The Hall–Kier alpha value is -0.773. The van der Waals surface area contributed by atoms with Gasteiger partial charge in [0.05, 0.1) is 20.0 Å². The fourth-order valence-corrected chi connectivity index (χ4v) is 1.25. The lowest BCUT2D eigenvalue weighted by Crippen LogP contribution is -2.34. The van der Waals surface area contributed by atoms with Crippen molar-refractivity contribution in [1.82, 2.24) is 9.94 Å². The van der Waals surface area contributed by atoms with Gasteiger partial charge < -0.3 is 4.84 Å². The van der Waals surface area contributed by atoms with Gasteiger partial charge in [-0.25, -0.2) is 0 Å². The van der Waals surface area contributed by atoms with Crippen molar-refractivity contribution in [3.63, 3.8) is 0 Å². The van der Waals surface area contributed by atoms with E-state index >= 15 is 0 Å². The van der Waals surface area contributed by atoms with E-state index in [4.69, 9.17) is 4.84 Å². The second kappa shape index (κ2) is 3.31. The van der Waals surface area contributed by atoms with E-state index in [1.807, 2.05) is 19.2 Å². The number of nitrogens with zero attached hydrogens (tertiary/aromatic N) is 2. The predicted molar refractivity (Wildman–Crippen MR) is 51.8 cm³/mol. The Bertz CT molecular complexity index is 252. The maximum absolute atomic E-state index is 5.46. The van der Waals surface area contributed by atoms with Gasteiger partial charge in [-0.05, 0) is 13.0 Å². The standard InChI is InChI=1S/C8H16N2OSi/c1-8-5-6-10(9-8)11-7-12(2,3)4/h5-6H,7H2,1-4H3. The summed E-state index contributed by atoms with van der Waals surface area (Å²) in [5.41, 5.74) is 0.991. The van der Waals surface area contributed by atoms with Crippen LogP contribution in [0.2, 0.25) is 19.6 Å². The van der Waals surface area contributed by atoms with Gasteiger partial charge in [0.2, 0.25) is 0 Å². The third-order valence-corrected chi connectivity index (χ3v) is 2.32. The van der Waals surface area contributed by atoms with E-state index < -0.39 is 8.07 Å². The minimum absolute atomic E-state index is 0.814. The second-order valence-corrected chi connectivity index (χ2v) is 9.60. The highest BCUT2D eigenvalue weighted by atomic mass is 28.3. The molecule has 0 aliphatic rings. The molecule has 68 valence electrons. The zero-order valence-corrected chi connectivity index (χ0v) is 9.16. The predicted octanol–water partition coefficient (Wildman–Crippen LogP) is 1.50. The van der Waals surface area contributed by atoms with Gasteiger partial charge >= 0.3 is 0 Å². The Kier molecular flexibility index (Phi) is 2.57. The average Bonchev–Trinajstić information content (AvgIpc) is 2.30. The Balaban J connectivity index is 2.44. The molecular formula is C8H16N2OSi. The summed E-state index contributed by atoms with van der Waals surface area (Å²) in [5.74, 6) is 0. The topological polar surface area (TPSA) is 27.1 Å². The molecule has 4 heteroatoms. The molecule has 0 amide bonds. The van der Waals surface area contributed by atoms with Crippen LogP contribution < -0.4 is 4.84 Å². The largest absolute Gasteiger partial charge is 0.401 e. The van der Waals surface area contributed by atoms with Gasteiger partial charge in [0, 0.05) is 0 Å². The summed E-state index contributed by atoms with van der Waals surface area (Å²) in [6.45, 7) is 8.75. The molecule has 1 heterocycles. The molecule has 1 aromatic rings. The van der Waals surface area contributed by atoms with E-state index in [-0.39, 0.29) is 0 Å². The van der Waals surface area contributed by atoms with Crippen molar-refractivity contribution in [1.29, 1.82) is 0 Å². The lowest BCUT2D eigenvalue weighted by atomic mass is 10.5. The minimum Gasteiger partial charge on any atom is -0.401 e. The first-order valence-corrected chi connectivity index (χ1v) is 7.84. The highest BCUT2D eigenvalue weighted by molar-refractivity contribution is 6.76. The number of hydrogen-bond acceptors (Lipinski definition) is 2. The van der Waals surface area contributed by atoms with Crippen LogP contribution in [0.4, 0.5) is 0 Å². The van der Waals surface area contributed by atoms with Gasteiger partial charge in [-0.2, -0.15) is 0 Å². The van der Waals surface area contributed by atoms with Crippen molar-refractivity contribution in [3.05, 3.63) is 18.0 Å². The third kappa shape index (κ3) is 3.09. The first-order chi connectivity index (χ1) is 5.47. The lowest BCUT2D eigenvalue weighted by molar-refractivity contribution is 0.113. The van der Waals surface area contributed by atoms with Gasteiger partial charge in [0.25, 0.3) is 0 Å². The molecular weight excluding hydrogens is 168 g/mol. The molecule has 0 aliphatic heterocycles. The Morgan fingerprint density at radius 2 is 2.17 bits per heavy atom. The summed E-state index contributed by atoms with van der Waals surface area (Å²) >= 11 is 0. The lowest BCUT2D eigenvalue weighted by Gasteiger charge is -2.15. The van der Waals surface area contributed by atoms with Gasteiger partial charge in [-0.1, -0.05) is 19.6 Å². The molecule has 0 aliphatic carbocycles. The van der Waals surface area contributed by atoms with E-state index in [1.165, 1.54) is 0 Å². The van der Waals surface area contributed by atoms with E-state index in [9.17, 15) is 0 Å². The second-order valence-electron chi connectivity index (χ2n) is 4.19. The molecule has 3 nitrogen and oxygen atoms in total. The van der Waals surface area contributed by atoms with Crippen molar-refractivity contribution >= 4 is 8.07 Å². The van der Waals surface area contributed by atoms with Crippen molar-refractivity contribution in [3.8, 4) is 0 Å². The molecule has 0 bridgehead atoms. The smallest absolute Gasteiger partial charge is 0.104 e. The molecule has 12 heavy (non-hydrogen) atoms. The quantitative estimate of drug-likeness (QED) is 0.666. The van der Waals surface area contributed by atoms with Crippen LogP contribution in [-0.2, 0) is 0 Å². The molecule has 0 N–H and O–H groups in total. The maximum atomic E-state index is 5.46. The van der Waals surface area contributed by atoms with Crippen molar-refractivity contribution in [2.24, 2.45) is 0 Å². The third-order valence-electron chi connectivity index (χ3n) is 1.33. The number of rotatable bonds is 3. The molecule has 0 saturated heterocycles.